The minimum Gasteiger partial charge on any atom is -0.494 e. The van der Waals surface area contributed by atoms with Gasteiger partial charge in [-0.1, -0.05) is 30.3 Å². The Bertz CT molecular complexity index is 877. The van der Waals surface area contributed by atoms with Gasteiger partial charge in [0.25, 0.3) is 5.24 Å². The summed E-state index contributed by atoms with van der Waals surface area (Å²) in [6.45, 7) is 0.592. The average molecular weight is 359 g/mol. The van der Waals surface area contributed by atoms with Crippen LogP contribution < -0.4 is 4.74 Å². The molecule has 1 heterocycles. The number of rotatable bonds is 7. The fourth-order valence-electron chi connectivity index (χ4n) is 2.96. The Morgan fingerprint density at radius 1 is 1.20 bits per heavy atom. The summed E-state index contributed by atoms with van der Waals surface area (Å²) < 4.78 is 10.6. The van der Waals surface area contributed by atoms with Crippen LogP contribution in [0.15, 0.2) is 42.5 Å². The van der Waals surface area contributed by atoms with Gasteiger partial charge in [0.15, 0.2) is 0 Å². The van der Waals surface area contributed by atoms with E-state index in [1.54, 1.807) is 26.4 Å². The van der Waals surface area contributed by atoms with E-state index in [0.29, 0.717) is 29.0 Å². The highest BCUT2D eigenvalue weighted by atomic mass is 35.5. The van der Waals surface area contributed by atoms with Crippen molar-refractivity contribution < 1.29 is 14.3 Å². The van der Waals surface area contributed by atoms with E-state index < -0.39 is 5.24 Å². The van der Waals surface area contributed by atoms with Gasteiger partial charge >= 0.3 is 0 Å². The van der Waals surface area contributed by atoms with Crippen molar-refractivity contribution in [3.63, 3.8) is 0 Å². The molecule has 1 aromatic heterocycles. The van der Waals surface area contributed by atoms with Crippen LogP contribution in [0.25, 0.3) is 11.0 Å². The molecule has 3 aromatic rings. The molecule has 1 N–H and O–H groups in total. The number of nitrogens with zero attached hydrogens (tertiary/aromatic N) is 1. The number of fused-ring (bicyclic) bond motifs is 1. The summed E-state index contributed by atoms with van der Waals surface area (Å²) in [4.78, 5) is 19.7. The lowest BCUT2D eigenvalue weighted by Crippen LogP contribution is -2.06. The first-order valence-electron chi connectivity index (χ1n) is 7.96. The molecule has 0 saturated heterocycles. The van der Waals surface area contributed by atoms with Gasteiger partial charge in [0.2, 0.25) is 0 Å². The molecule has 0 spiro atoms. The summed E-state index contributed by atoms with van der Waals surface area (Å²) >= 11 is 5.72. The number of carbonyl (C=O) groups is 1. The van der Waals surface area contributed by atoms with Gasteiger partial charge in [0, 0.05) is 19.6 Å². The Hall–Kier alpha value is -2.37. The van der Waals surface area contributed by atoms with E-state index in [1.807, 2.05) is 18.2 Å². The van der Waals surface area contributed by atoms with Gasteiger partial charge in [0.1, 0.15) is 17.1 Å². The molecule has 0 aliphatic carbocycles. The normalized spacial score (nSPS) is 12.3. The van der Waals surface area contributed by atoms with Gasteiger partial charge in [-0.25, -0.2) is 4.98 Å². The van der Waals surface area contributed by atoms with Crippen LogP contribution in [0, 0.1) is 0 Å². The minimum absolute atomic E-state index is 0.0107. The van der Waals surface area contributed by atoms with Crippen LogP contribution in [-0.4, -0.2) is 36.0 Å². The first kappa shape index (κ1) is 17.5. The Kier molecular flexibility index (Phi) is 5.36. The zero-order chi connectivity index (χ0) is 17.8. The van der Waals surface area contributed by atoms with Gasteiger partial charge in [-0.05, 0) is 35.7 Å². The smallest absolute Gasteiger partial charge is 0.254 e. The van der Waals surface area contributed by atoms with Gasteiger partial charge in [-0.3, -0.25) is 4.79 Å². The number of carbonyl (C=O) groups excluding carboxylic acids is 1. The number of aromatic nitrogens is 2. The Balaban J connectivity index is 2.14. The van der Waals surface area contributed by atoms with Crippen molar-refractivity contribution in [1.29, 1.82) is 0 Å². The number of nitrogens with one attached hydrogen (secondary N) is 1. The highest BCUT2D eigenvalue weighted by Gasteiger charge is 2.22. The molecule has 0 amide bonds. The van der Waals surface area contributed by atoms with Gasteiger partial charge < -0.3 is 14.5 Å². The SMILES string of the molecule is COCCC(c1ccccc1)c1nc2c(OC)ccc(C(=O)Cl)c2[nH]1. The van der Waals surface area contributed by atoms with E-state index in [1.165, 1.54) is 0 Å². The molecule has 0 radical (unpaired) electrons. The van der Waals surface area contributed by atoms with Crippen LogP contribution >= 0.6 is 11.6 Å². The summed E-state index contributed by atoms with van der Waals surface area (Å²) in [5, 5.41) is -0.531. The Morgan fingerprint density at radius 3 is 2.60 bits per heavy atom. The van der Waals surface area contributed by atoms with Crippen molar-refractivity contribution in [3.05, 3.63) is 59.4 Å². The van der Waals surface area contributed by atoms with Gasteiger partial charge in [-0.2, -0.15) is 0 Å². The number of aromatic amines is 1. The lowest BCUT2D eigenvalue weighted by Gasteiger charge is -2.14. The second-order valence-corrected chi connectivity index (χ2v) is 6.02. The minimum atomic E-state index is -0.531. The van der Waals surface area contributed by atoms with Crippen molar-refractivity contribution in [2.45, 2.75) is 12.3 Å². The number of hydrogen-bond acceptors (Lipinski definition) is 4. The first-order valence-corrected chi connectivity index (χ1v) is 8.33. The summed E-state index contributed by atoms with van der Waals surface area (Å²) in [5.41, 5.74) is 2.70. The molecule has 25 heavy (non-hydrogen) atoms. The number of imidazole rings is 1. The van der Waals surface area contributed by atoms with Crippen molar-refractivity contribution in [2.75, 3.05) is 20.8 Å². The molecule has 0 saturated carbocycles. The van der Waals surface area contributed by atoms with Crippen LogP contribution in [-0.2, 0) is 4.74 Å². The lowest BCUT2D eigenvalue weighted by molar-refractivity contribution is 0.108. The predicted molar refractivity (Wildman–Crippen MR) is 97.6 cm³/mol. The second kappa shape index (κ2) is 7.68. The molecule has 0 aliphatic rings. The second-order valence-electron chi connectivity index (χ2n) is 5.68. The van der Waals surface area contributed by atoms with Crippen LogP contribution in [0.3, 0.4) is 0 Å². The summed E-state index contributed by atoms with van der Waals surface area (Å²) in [6, 6.07) is 13.4. The third kappa shape index (κ3) is 3.52. The maximum atomic E-state index is 11.7. The van der Waals surface area contributed by atoms with Crippen molar-refractivity contribution in [3.8, 4) is 5.75 Å². The molecule has 0 aliphatic heterocycles. The monoisotopic (exact) mass is 358 g/mol. The van der Waals surface area contributed by atoms with Crippen molar-refractivity contribution >= 4 is 27.9 Å². The quantitative estimate of drug-likeness (QED) is 0.645. The topological polar surface area (TPSA) is 64.2 Å². The molecule has 6 heteroatoms. The maximum absolute atomic E-state index is 11.7. The number of benzene rings is 2. The van der Waals surface area contributed by atoms with Crippen LogP contribution in [0.4, 0.5) is 0 Å². The molecule has 2 aromatic carbocycles. The summed E-state index contributed by atoms with van der Waals surface area (Å²) in [7, 11) is 3.25. The maximum Gasteiger partial charge on any atom is 0.254 e. The van der Waals surface area contributed by atoms with Crippen LogP contribution in [0.5, 0.6) is 5.75 Å². The largest absolute Gasteiger partial charge is 0.494 e. The van der Waals surface area contributed by atoms with E-state index >= 15 is 0 Å². The van der Waals surface area contributed by atoms with E-state index in [0.717, 1.165) is 17.8 Å². The van der Waals surface area contributed by atoms with E-state index in [4.69, 9.17) is 26.1 Å². The van der Waals surface area contributed by atoms with Gasteiger partial charge in [-0.15, -0.1) is 0 Å². The average Bonchev–Trinajstić information content (AvgIpc) is 3.06. The number of halogens is 1. The zero-order valence-corrected chi connectivity index (χ0v) is 14.8. The Morgan fingerprint density at radius 2 is 1.96 bits per heavy atom. The first-order chi connectivity index (χ1) is 12.2. The standard InChI is InChI=1S/C19H19ClN2O3/c1-24-11-10-13(12-6-4-3-5-7-12)19-21-16-14(18(20)23)8-9-15(25-2)17(16)22-19/h3-9,13H,10-11H2,1-2H3,(H,21,22). The van der Waals surface area contributed by atoms with E-state index in [2.05, 4.69) is 17.1 Å². The van der Waals surface area contributed by atoms with E-state index in [-0.39, 0.29) is 5.92 Å². The molecular weight excluding hydrogens is 340 g/mol. The molecular formula is C19H19ClN2O3. The van der Waals surface area contributed by atoms with Crippen molar-refractivity contribution in [2.24, 2.45) is 0 Å². The molecule has 1 unspecified atom stereocenters. The summed E-state index contributed by atoms with van der Waals surface area (Å²) in [6.07, 6.45) is 0.757. The van der Waals surface area contributed by atoms with Crippen LogP contribution in [0.2, 0.25) is 0 Å². The van der Waals surface area contributed by atoms with Crippen molar-refractivity contribution in [1.82, 2.24) is 9.97 Å². The lowest BCUT2D eigenvalue weighted by atomic mass is 9.95. The fourth-order valence-corrected chi connectivity index (χ4v) is 3.12. The van der Waals surface area contributed by atoms with Gasteiger partial charge in [0.05, 0.1) is 18.2 Å². The van der Waals surface area contributed by atoms with Crippen LogP contribution in [0.1, 0.15) is 34.1 Å². The number of methoxy groups -OCH3 is 2. The number of H-pyrrole nitrogens is 1. The highest BCUT2D eigenvalue weighted by molar-refractivity contribution is 6.68. The number of ether oxygens (including phenoxy) is 2. The Labute approximate surface area is 150 Å². The fraction of sp³-hybridized carbons (Fsp3) is 0.263. The third-order valence-electron chi connectivity index (χ3n) is 4.20. The summed E-state index contributed by atoms with van der Waals surface area (Å²) in [5.74, 6) is 1.36. The zero-order valence-electron chi connectivity index (χ0n) is 14.1. The highest BCUT2D eigenvalue weighted by Crippen LogP contribution is 2.32. The molecule has 0 fully saturated rings. The van der Waals surface area contributed by atoms with E-state index in [9.17, 15) is 4.79 Å². The molecule has 130 valence electrons. The molecule has 1 atom stereocenters. The third-order valence-corrected chi connectivity index (χ3v) is 4.40. The molecule has 0 bridgehead atoms. The molecule has 3 rings (SSSR count). The molecule has 5 nitrogen and oxygen atoms in total. The number of hydrogen-bond donors (Lipinski definition) is 1. The predicted octanol–water partition coefficient (Wildman–Crippen LogP) is 4.12.